The molecule has 0 radical (unpaired) electrons. The van der Waals surface area contributed by atoms with Crippen LogP contribution in [0.5, 0.6) is 0 Å². The Bertz CT molecular complexity index is 878. The van der Waals surface area contributed by atoms with Crippen molar-refractivity contribution in [2.75, 3.05) is 0 Å². The maximum absolute atomic E-state index is 11.5. The van der Waals surface area contributed by atoms with Crippen molar-refractivity contribution in [3.05, 3.63) is 65.5 Å². The minimum atomic E-state index is 0.0767. The summed E-state index contributed by atoms with van der Waals surface area (Å²) in [5.41, 5.74) is 6.06. The zero-order chi connectivity index (χ0) is 17.8. The molecule has 0 spiro atoms. The van der Waals surface area contributed by atoms with Crippen LogP contribution in [0.25, 0.3) is 16.8 Å². The lowest BCUT2D eigenvalue weighted by Crippen LogP contribution is -2.01. The standard InChI is InChI=1S/C21H23N3O/c1-4-5-8-19-14-24(23-22-19)21-15(2)7-6-9-20(21)18-12-10-17(11-13-18)16(3)25/h6-7,9-14H,4-5,8H2,1-3H3. The molecule has 0 atom stereocenters. The number of Topliss-reactive ketones (excluding diaryl/α,β-unsaturated/α-hetero) is 1. The van der Waals surface area contributed by atoms with E-state index in [1.165, 1.54) is 0 Å². The van der Waals surface area contributed by atoms with Gasteiger partial charge in [-0.1, -0.05) is 61.0 Å². The molecule has 0 saturated heterocycles. The lowest BCUT2D eigenvalue weighted by molar-refractivity contribution is 0.101. The third-order valence-electron chi connectivity index (χ3n) is 4.40. The number of unbranched alkanes of at least 4 members (excludes halogenated alkanes) is 1. The number of rotatable bonds is 6. The van der Waals surface area contributed by atoms with Gasteiger partial charge in [-0.25, -0.2) is 4.68 Å². The molecule has 0 saturated carbocycles. The molecule has 3 aromatic rings. The van der Waals surface area contributed by atoms with Crippen LogP contribution in [0.15, 0.2) is 48.7 Å². The molecule has 1 aromatic heterocycles. The van der Waals surface area contributed by atoms with Crippen LogP contribution in [0, 0.1) is 6.92 Å². The maximum atomic E-state index is 11.5. The third-order valence-corrected chi connectivity index (χ3v) is 4.40. The van der Waals surface area contributed by atoms with E-state index in [0.717, 1.165) is 52.9 Å². The van der Waals surface area contributed by atoms with Crippen LogP contribution in [0.2, 0.25) is 0 Å². The number of nitrogens with zero attached hydrogens (tertiary/aromatic N) is 3. The fraction of sp³-hybridized carbons (Fsp3) is 0.286. The summed E-state index contributed by atoms with van der Waals surface area (Å²) in [5.74, 6) is 0.0767. The summed E-state index contributed by atoms with van der Waals surface area (Å²) >= 11 is 0. The number of aromatic nitrogens is 3. The summed E-state index contributed by atoms with van der Waals surface area (Å²) in [5, 5.41) is 8.66. The Morgan fingerprint density at radius 1 is 1.12 bits per heavy atom. The molecule has 0 amide bonds. The van der Waals surface area contributed by atoms with Gasteiger partial charge in [0.1, 0.15) is 0 Å². The smallest absolute Gasteiger partial charge is 0.159 e. The van der Waals surface area contributed by atoms with Crippen LogP contribution in [0.4, 0.5) is 0 Å². The van der Waals surface area contributed by atoms with Gasteiger partial charge in [0.2, 0.25) is 0 Å². The summed E-state index contributed by atoms with van der Waals surface area (Å²) in [6, 6.07) is 13.9. The van der Waals surface area contributed by atoms with Crippen LogP contribution in [0.1, 0.15) is 48.3 Å². The molecule has 0 fully saturated rings. The fourth-order valence-electron chi connectivity index (χ4n) is 2.96. The van der Waals surface area contributed by atoms with Crippen molar-refractivity contribution in [3.63, 3.8) is 0 Å². The van der Waals surface area contributed by atoms with Crippen molar-refractivity contribution in [1.82, 2.24) is 15.0 Å². The van der Waals surface area contributed by atoms with Gasteiger partial charge in [0.05, 0.1) is 17.6 Å². The second-order valence-electron chi connectivity index (χ2n) is 6.36. The van der Waals surface area contributed by atoms with Crippen LogP contribution >= 0.6 is 0 Å². The molecule has 1 heterocycles. The fourth-order valence-corrected chi connectivity index (χ4v) is 2.96. The van der Waals surface area contributed by atoms with E-state index in [0.29, 0.717) is 0 Å². The zero-order valence-electron chi connectivity index (χ0n) is 15.0. The number of para-hydroxylation sites is 1. The molecule has 0 aliphatic heterocycles. The second kappa shape index (κ2) is 7.43. The molecule has 0 bridgehead atoms. The number of carbonyl (C=O) groups is 1. The van der Waals surface area contributed by atoms with Gasteiger partial charge in [0.25, 0.3) is 0 Å². The first-order chi connectivity index (χ1) is 12.1. The molecule has 4 nitrogen and oxygen atoms in total. The largest absolute Gasteiger partial charge is 0.295 e. The normalized spacial score (nSPS) is 10.8. The van der Waals surface area contributed by atoms with Crippen molar-refractivity contribution in [2.45, 2.75) is 40.0 Å². The average Bonchev–Trinajstić information content (AvgIpc) is 3.08. The highest BCUT2D eigenvalue weighted by molar-refractivity contribution is 5.94. The minimum Gasteiger partial charge on any atom is -0.295 e. The first-order valence-electron chi connectivity index (χ1n) is 8.72. The Kier molecular flexibility index (Phi) is 5.08. The third kappa shape index (κ3) is 3.68. The molecule has 128 valence electrons. The van der Waals surface area contributed by atoms with E-state index in [9.17, 15) is 4.79 Å². The van der Waals surface area contributed by atoms with Gasteiger partial charge < -0.3 is 0 Å². The van der Waals surface area contributed by atoms with E-state index in [1.807, 2.05) is 41.2 Å². The lowest BCUT2D eigenvalue weighted by Gasteiger charge is -2.12. The topological polar surface area (TPSA) is 47.8 Å². The predicted molar refractivity (Wildman–Crippen MR) is 100 cm³/mol. The maximum Gasteiger partial charge on any atom is 0.159 e. The molecule has 4 heteroatoms. The Morgan fingerprint density at radius 3 is 2.56 bits per heavy atom. The molecular weight excluding hydrogens is 310 g/mol. The van der Waals surface area contributed by atoms with E-state index in [-0.39, 0.29) is 5.78 Å². The van der Waals surface area contributed by atoms with Gasteiger partial charge in [0, 0.05) is 11.1 Å². The summed E-state index contributed by atoms with van der Waals surface area (Å²) in [4.78, 5) is 11.5. The lowest BCUT2D eigenvalue weighted by atomic mass is 9.99. The van der Waals surface area contributed by atoms with Crippen molar-refractivity contribution < 1.29 is 4.79 Å². The van der Waals surface area contributed by atoms with E-state index in [4.69, 9.17) is 0 Å². The monoisotopic (exact) mass is 333 g/mol. The van der Waals surface area contributed by atoms with Crippen molar-refractivity contribution in [2.24, 2.45) is 0 Å². The molecular formula is C21H23N3O. The van der Waals surface area contributed by atoms with Crippen LogP contribution in [0.3, 0.4) is 0 Å². The highest BCUT2D eigenvalue weighted by Gasteiger charge is 2.12. The molecule has 0 aliphatic rings. The zero-order valence-corrected chi connectivity index (χ0v) is 15.0. The van der Waals surface area contributed by atoms with E-state index < -0.39 is 0 Å². The van der Waals surface area contributed by atoms with Gasteiger partial charge in [-0.15, -0.1) is 5.10 Å². The summed E-state index contributed by atoms with van der Waals surface area (Å²) in [7, 11) is 0. The van der Waals surface area contributed by atoms with Crippen molar-refractivity contribution in [1.29, 1.82) is 0 Å². The van der Waals surface area contributed by atoms with E-state index in [1.54, 1.807) is 6.92 Å². The molecule has 3 rings (SSSR count). The predicted octanol–water partition coefficient (Wildman–Crippen LogP) is 4.79. The quantitative estimate of drug-likeness (QED) is 0.609. The van der Waals surface area contributed by atoms with Crippen LogP contribution in [-0.2, 0) is 6.42 Å². The molecule has 25 heavy (non-hydrogen) atoms. The molecule has 0 aliphatic carbocycles. The van der Waals surface area contributed by atoms with Gasteiger partial charge in [-0.2, -0.15) is 0 Å². The van der Waals surface area contributed by atoms with Crippen LogP contribution in [-0.4, -0.2) is 20.8 Å². The summed E-state index contributed by atoms with van der Waals surface area (Å²) < 4.78 is 1.87. The van der Waals surface area contributed by atoms with Gasteiger partial charge in [-0.3, -0.25) is 4.79 Å². The molecule has 0 N–H and O–H groups in total. The van der Waals surface area contributed by atoms with E-state index >= 15 is 0 Å². The first-order valence-corrected chi connectivity index (χ1v) is 8.72. The van der Waals surface area contributed by atoms with E-state index in [2.05, 4.69) is 36.3 Å². The molecule has 0 unspecified atom stereocenters. The highest BCUT2D eigenvalue weighted by Crippen LogP contribution is 2.29. The van der Waals surface area contributed by atoms with Gasteiger partial charge in [-0.05, 0) is 37.8 Å². The SMILES string of the molecule is CCCCc1cn(-c2c(C)cccc2-c2ccc(C(C)=O)cc2)nn1. The Balaban J connectivity index is 2.02. The van der Waals surface area contributed by atoms with Crippen molar-refractivity contribution in [3.8, 4) is 16.8 Å². The number of ketones is 1. The number of hydrogen-bond acceptors (Lipinski definition) is 3. The number of carbonyl (C=O) groups excluding carboxylic acids is 1. The number of aryl methyl sites for hydroxylation is 2. The number of hydrogen-bond donors (Lipinski definition) is 0. The summed E-state index contributed by atoms with van der Waals surface area (Å²) in [6.07, 6.45) is 5.23. The van der Waals surface area contributed by atoms with Crippen LogP contribution < -0.4 is 0 Å². The Labute approximate surface area is 148 Å². The summed E-state index contributed by atoms with van der Waals surface area (Å²) in [6.45, 7) is 5.84. The Morgan fingerprint density at radius 2 is 1.88 bits per heavy atom. The number of benzene rings is 2. The molecule has 2 aromatic carbocycles. The first kappa shape index (κ1) is 17.1. The van der Waals surface area contributed by atoms with Gasteiger partial charge >= 0.3 is 0 Å². The highest BCUT2D eigenvalue weighted by atomic mass is 16.1. The Hall–Kier alpha value is -2.75. The van der Waals surface area contributed by atoms with Gasteiger partial charge in [0.15, 0.2) is 5.78 Å². The van der Waals surface area contributed by atoms with Crippen molar-refractivity contribution >= 4 is 5.78 Å². The second-order valence-corrected chi connectivity index (χ2v) is 6.36. The minimum absolute atomic E-state index is 0.0767. The average molecular weight is 333 g/mol.